The predicted octanol–water partition coefficient (Wildman–Crippen LogP) is 0.853. The first-order chi connectivity index (χ1) is 7.13. The van der Waals surface area contributed by atoms with Crippen LogP contribution in [0.1, 0.15) is 10.5 Å². The van der Waals surface area contributed by atoms with Crippen molar-refractivity contribution in [3.63, 3.8) is 0 Å². The molecule has 76 valence electrons. The van der Waals surface area contributed by atoms with Crippen LogP contribution < -0.4 is 4.43 Å². The first kappa shape index (κ1) is 9.32. The van der Waals surface area contributed by atoms with Crippen LogP contribution >= 0.6 is 0 Å². The van der Waals surface area contributed by atoms with E-state index in [9.17, 15) is 19.3 Å². The van der Waals surface area contributed by atoms with Gasteiger partial charge in [-0.1, -0.05) is 0 Å². The van der Waals surface area contributed by atoms with E-state index in [2.05, 4.69) is 0 Å². The fourth-order valence-corrected chi connectivity index (χ4v) is 1.30. The van der Waals surface area contributed by atoms with Gasteiger partial charge in [0, 0.05) is 4.91 Å². The Morgan fingerprint density at radius 1 is 1.47 bits per heavy atom. The van der Waals surface area contributed by atoms with Crippen molar-refractivity contribution in [2.24, 2.45) is 0 Å². The Morgan fingerprint density at radius 2 is 2.20 bits per heavy atom. The average Bonchev–Trinajstić information content (AvgIpc) is 2.23. The third kappa shape index (κ3) is 1.35. The summed E-state index contributed by atoms with van der Waals surface area (Å²) in [5.41, 5.74) is -0.476. The molecule has 1 aromatic carbocycles. The molecule has 0 bridgehead atoms. The van der Waals surface area contributed by atoms with Gasteiger partial charge in [0.2, 0.25) is 0 Å². The Labute approximate surface area is 82.6 Å². The maximum atomic E-state index is 12.8. The quantitative estimate of drug-likeness (QED) is 0.515. The normalized spacial score (nSPS) is 10.5. The average molecular weight is 208 g/mol. The van der Waals surface area contributed by atoms with Crippen LogP contribution in [0.3, 0.4) is 0 Å². The van der Waals surface area contributed by atoms with Crippen molar-refractivity contribution in [3.05, 3.63) is 46.0 Å². The Hall–Kier alpha value is -2.24. The molecule has 0 aliphatic carbocycles. The molecule has 0 saturated carbocycles. The zero-order valence-electron chi connectivity index (χ0n) is 7.38. The Kier molecular flexibility index (Phi) is 1.96. The third-order valence-electron chi connectivity index (χ3n) is 2.00. The van der Waals surface area contributed by atoms with Crippen LogP contribution in [0, 0.1) is 15.9 Å². The van der Waals surface area contributed by atoms with E-state index < -0.39 is 5.82 Å². The summed E-state index contributed by atoms with van der Waals surface area (Å²) in [5, 5.41) is 11.4. The molecule has 1 aromatic heterocycles. The molecule has 0 fully saturated rings. The van der Waals surface area contributed by atoms with Crippen molar-refractivity contribution < 1.29 is 13.6 Å². The van der Waals surface area contributed by atoms with Gasteiger partial charge in [0.05, 0.1) is 10.5 Å². The lowest BCUT2D eigenvalue weighted by molar-refractivity contribution is -0.464. The topological polar surface area (TPSA) is 68.0 Å². The molecule has 0 N–H and O–H groups in total. The highest BCUT2D eigenvalue weighted by Gasteiger charge is 2.12. The summed E-state index contributed by atoms with van der Waals surface area (Å²) in [4.78, 5) is 21.7. The minimum atomic E-state index is -0.619. The first-order valence-electron chi connectivity index (χ1n) is 4.03. The number of hydrogen-bond donors (Lipinski definition) is 0. The maximum Gasteiger partial charge on any atom is 0.288 e. The molecule has 5 nitrogen and oxygen atoms in total. The molecule has 0 radical (unpaired) electrons. The predicted molar refractivity (Wildman–Crippen MR) is 49.4 cm³/mol. The van der Waals surface area contributed by atoms with Crippen molar-refractivity contribution in [1.82, 2.24) is 4.73 Å². The van der Waals surface area contributed by atoms with E-state index in [0.29, 0.717) is 0 Å². The number of benzene rings is 1. The number of nitrogens with zero attached hydrogens (tertiary/aromatic N) is 2. The van der Waals surface area contributed by atoms with Gasteiger partial charge in [-0.15, -0.1) is 0 Å². The maximum absolute atomic E-state index is 12.8. The lowest BCUT2D eigenvalue weighted by atomic mass is 10.3. The van der Waals surface area contributed by atoms with Gasteiger partial charge in [-0.2, -0.15) is 0 Å². The molecule has 2 aromatic rings. The van der Waals surface area contributed by atoms with Gasteiger partial charge >= 0.3 is 0 Å². The van der Waals surface area contributed by atoms with E-state index in [-0.39, 0.29) is 32.2 Å². The molecular formula is C9H5FN2O3. The minimum absolute atomic E-state index is 0.0454. The van der Waals surface area contributed by atoms with E-state index in [4.69, 9.17) is 0 Å². The van der Waals surface area contributed by atoms with E-state index in [0.717, 1.165) is 24.4 Å². The summed E-state index contributed by atoms with van der Waals surface area (Å²) < 4.78 is 13.4. The fourth-order valence-electron chi connectivity index (χ4n) is 1.30. The highest BCUT2D eigenvalue weighted by atomic mass is 19.1. The SMILES string of the molecule is O=Cc1c[n+](=O)c2cc(F)ccc2n1[O-]. The van der Waals surface area contributed by atoms with Gasteiger partial charge in [-0.05, 0) is 12.1 Å². The van der Waals surface area contributed by atoms with E-state index in [1.807, 2.05) is 0 Å². The molecule has 15 heavy (non-hydrogen) atoms. The largest absolute Gasteiger partial charge is 0.805 e. The second-order valence-electron chi connectivity index (χ2n) is 2.93. The van der Waals surface area contributed by atoms with Crippen LogP contribution in [0.4, 0.5) is 4.39 Å². The molecule has 2 rings (SSSR count). The van der Waals surface area contributed by atoms with Gasteiger partial charge in [0.25, 0.3) is 11.7 Å². The van der Waals surface area contributed by atoms with Crippen molar-refractivity contribution in [1.29, 1.82) is 0 Å². The van der Waals surface area contributed by atoms with E-state index in [1.165, 1.54) is 0 Å². The number of rotatable bonds is 1. The van der Waals surface area contributed by atoms with Gasteiger partial charge in [0.15, 0.2) is 6.29 Å². The number of fused-ring (bicyclic) bond motifs is 1. The summed E-state index contributed by atoms with van der Waals surface area (Å²) in [6.45, 7) is 0. The second kappa shape index (κ2) is 3.16. The zero-order chi connectivity index (χ0) is 11.0. The number of hydrogen-bond acceptors (Lipinski definition) is 3. The second-order valence-corrected chi connectivity index (χ2v) is 2.93. The van der Waals surface area contributed by atoms with Crippen LogP contribution in [0.2, 0.25) is 0 Å². The van der Waals surface area contributed by atoms with E-state index in [1.54, 1.807) is 0 Å². The molecule has 0 unspecified atom stereocenters. The lowest BCUT2D eigenvalue weighted by Crippen LogP contribution is -2.20. The summed E-state index contributed by atoms with van der Waals surface area (Å²) in [5.74, 6) is -0.619. The van der Waals surface area contributed by atoms with Crippen LogP contribution in [0.15, 0.2) is 24.4 Å². The Bertz CT molecular complexity index is 606. The number of aldehydes is 1. The number of carbonyl (C=O) groups excluding carboxylic acids is 1. The summed E-state index contributed by atoms with van der Waals surface area (Å²) in [6, 6.07) is 3.13. The number of carbonyl (C=O) groups is 1. The van der Waals surface area contributed by atoms with Crippen molar-refractivity contribution in [2.75, 3.05) is 0 Å². The van der Waals surface area contributed by atoms with Crippen LogP contribution in [0.5, 0.6) is 0 Å². The van der Waals surface area contributed by atoms with Gasteiger partial charge < -0.3 is 9.94 Å². The van der Waals surface area contributed by atoms with Crippen molar-refractivity contribution in [2.45, 2.75) is 0 Å². The van der Waals surface area contributed by atoms with Crippen LogP contribution in [-0.2, 0) is 0 Å². The highest BCUT2D eigenvalue weighted by Crippen LogP contribution is 2.11. The zero-order valence-corrected chi connectivity index (χ0v) is 7.38. The van der Waals surface area contributed by atoms with Crippen molar-refractivity contribution >= 4 is 17.3 Å². The number of halogens is 1. The lowest BCUT2D eigenvalue weighted by Gasteiger charge is -2.12. The molecule has 6 heteroatoms. The molecule has 0 atom stereocenters. The monoisotopic (exact) mass is 208 g/mol. The molecule has 0 aliphatic heterocycles. The first-order valence-corrected chi connectivity index (χ1v) is 4.03. The molecule has 0 saturated heterocycles. The molecule has 1 heterocycles. The smallest absolute Gasteiger partial charge is 0.288 e. The highest BCUT2D eigenvalue weighted by molar-refractivity contribution is 5.78. The molecular weight excluding hydrogens is 203 g/mol. The summed E-state index contributed by atoms with van der Waals surface area (Å²) in [7, 11) is 0. The van der Waals surface area contributed by atoms with Gasteiger partial charge in [0.1, 0.15) is 17.0 Å². The fraction of sp³-hybridized carbons (Fsp3) is 0. The van der Waals surface area contributed by atoms with E-state index >= 15 is 0 Å². The number of aromatic nitrogens is 2. The summed E-state index contributed by atoms with van der Waals surface area (Å²) in [6.07, 6.45) is 1.08. The summed E-state index contributed by atoms with van der Waals surface area (Å²) >= 11 is 0. The standard InChI is InChI=1S/C9H5FN2O3/c10-6-1-2-8-9(3-6)11(14)4-7(5-13)12(8)15/h1-5H. The third-order valence-corrected chi connectivity index (χ3v) is 2.00. The van der Waals surface area contributed by atoms with Crippen LogP contribution in [-0.4, -0.2) is 11.0 Å². The Morgan fingerprint density at radius 3 is 2.87 bits per heavy atom. The van der Waals surface area contributed by atoms with Crippen LogP contribution in [0.25, 0.3) is 11.0 Å². The molecule has 0 amide bonds. The van der Waals surface area contributed by atoms with Crippen molar-refractivity contribution in [3.8, 4) is 0 Å². The molecule has 0 aliphatic rings. The molecule has 0 spiro atoms. The Balaban J connectivity index is 2.99. The minimum Gasteiger partial charge on any atom is -0.805 e. The van der Waals surface area contributed by atoms with Gasteiger partial charge in [-0.25, -0.2) is 4.39 Å². The van der Waals surface area contributed by atoms with Gasteiger partial charge in [-0.3, -0.25) is 4.79 Å².